The Hall–Kier alpha value is -5.80. The van der Waals surface area contributed by atoms with Gasteiger partial charge in [0.25, 0.3) is 0 Å². The lowest BCUT2D eigenvalue weighted by Crippen LogP contribution is -1.94. The average Bonchev–Trinajstić information content (AvgIpc) is 3.77. The Kier molecular flexibility index (Phi) is 5.11. The monoisotopic (exact) mass is 577 g/mol. The van der Waals surface area contributed by atoms with E-state index in [1.54, 1.807) is 0 Å². The summed E-state index contributed by atoms with van der Waals surface area (Å²) in [5.74, 6) is 1.10. The minimum Gasteiger partial charge on any atom is -0.460 e. The van der Waals surface area contributed by atoms with Crippen LogP contribution in [-0.4, -0.2) is 4.57 Å². The molecule has 212 valence electrons. The Morgan fingerprint density at radius 1 is 0.511 bits per heavy atom. The predicted molar refractivity (Wildman–Crippen MR) is 186 cm³/mol. The number of hydrogen-bond acceptors (Lipinski definition) is 2. The topological polar surface area (TPSA) is 31.2 Å². The van der Waals surface area contributed by atoms with Gasteiger partial charge in [-0.15, -0.1) is 0 Å². The van der Waals surface area contributed by atoms with Crippen LogP contribution in [0.25, 0.3) is 88.7 Å². The van der Waals surface area contributed by atoms with E-state index in [1.807, 2.05) is 12.1 Å². The Morgan fingerprint density at radius 2 is 1.20 bits per heavy atom. The summed E-state index contributed by atoms with van der Waals surface area (Å²) in [4.78, 5) is 0. The molecule has 0 radical (unpaired) electrons. The van der Waals surface area contributed by atoms with Gasteiger partial charge in [-0.1, -0.05) is 91.0 Å². The number of aryl methyl sites for hydroxylation is 1. The summed E-state index contributed by atoms with van der Waals surface area (Å²) in [7, 11) is 0. The number of furan rings is 2. The maximum Gasteiger partial charge on any atom is 0.136 e. The lowest BCUT2D eigenvalue weighted by molar-refractivity contribution is 0.546. The highest BCUT2D eigenvalue weighted by Gasteiger charge is 2.20. The first-order valence-corrected chi connectivity index (χ1v) is 15.6. The van der Waals surface area contributed by atoms with E-state index in [4.69, 9.17) is 8.83 Å². The molecule has 10 rings (SSSR count). The number of fused-ring (bicyclic) bond motifs is 9. The van der Waals surface area contributed by atoms with Crippen LogP contribution < -0.4 is 0 Å². The van der Waals surface area contributed by atoms with Gasteiger partial charge in [-0.2, -0.15) is 0 Å². The minimum absolute atomic E-state index is 0.915. The van der Waals surface area contributed by atoms with Gasteiger partial charge in [0.2, 0.25) is 0 Å². The van der Waals surface area contributed by atoms with Crippen LogP contribution in [0.2, 0.25) is 0 Å². The third-order valence-corrected chi connectivity index (χ3v) is 9.47. The molecule has 0 spiro atoms. The number of nitrogens with zero attached hydrogens (tertiary/aromatic N) is 1. The molecule has 0 bridgehead atoms. The molecule has 3 heterocycles. The van der Waals surface area contributed by atoms with Crippen LogP contribution in [-0.2, 0) is 6.42 Å². The molecule has 3 heteroatoms. The second-order valence-electron chi connectivity index (χ2n) is 12.0. The molecule has 3 nitrogen and oxygen atoms in total. The first kappa shape index (κ1) is 24.6. The van der Waals surface area contributed by atoms with Gasteiger partial charge in [0.05, 0.1) is 11.0 Å². The zero-order valence-corrected chi connectivity index (χ0v) is 24.5. The molecule has 0 atom stereocenters. The number of benzene rings is 6. The van der Waals surface area contributed by atoms with Crippen molar-refractivity contribution in [2.24, 2.45) is 0 Å². The molecule has 0 unspecified atom stereocenters. The Balaban J connectivity index is 1.13. The van der Waals surface area contributed by atoms with E-state index in [0.717, 1.165) is 51.8 Å². The summed E-state index contributed by atoms with van der Waals surface area (Å²) >= 11 is 0. The van der Waals surface area contributed by atoms with E-state index in [0.29, 0.717) is 0 Å². The summed E-state index contributed by atoms with van der Waals surface area (Å²) < 4.78 is 14.8. The van der Waals surface area contributed by atoms with Crippen LogP contribution in [0.3, 0.4) is 0 Å². The average molecular weight is 578 g/mol. The normalized spacial score (nSPS) is 13.1. The summed E-state index contributed by atoms with van der Waals surface area (Å²) in [5, 5.41) is 6.01. The second-order valence-corrected chi connectivity index (χ2v) is 12.0. The quantitative estimate of drug-likeness (QED) is 0.209. The van der Waals surface area contributed by atoms with Crippen molar-refractivity contribution in [3.8, 4) is 27.9 Å². The van der Waals surface area contributed by atoms with Crippen molar-refractivity contribution in [3.63, 3.8) is 0 Å². The lowest BCUT2D eigenvalue weighted by Gasteiger charge is -2.11. The van der Waals surface area contributed by atoms with Gasteiger partial charge in [-0.05, 0) is 77.2 Å². The largest absolute Gasteiger partial charge is 0.460 e. The van der Waals surface area contributed by atoms with E-state index in [2.05, 4.69) is 132 Å². The third-order valence-electron chi connectivity index (χ3n) is 9.47. The van der Waals surface area contributed by atoms with Crippen molar-refractivity contribution >= 4 is 60.8 Å². The van der Waals surface area contributed by atoms with Crippen LogP contribution in [0.1, 0.15) is 17.7 Å². The molecule has 0 fully saturated rings. The molecule has 0 saturated heterocycles. The number of hydrogen-bond donors (Lipinski definition) is 0. The SMILES string of the molecule is C1=Cc2c(oc3cccc(-c4ccc5c(c4)c4ccccc4n5-c4ccc(-c5cccc6oc7ccccc7c56)cc4)c23)CC1. The standard InChI is InChI=1S/C42H27NO2/c1-4-14-35-31(9-1)34-25-27(30-13-8-18-40-42(30)33-11-3-6-16-38(33)45-40)21-24-36(34)43(35)28-22-19-26(20-23-28)29-12-7-17-39-41(29)32-10-2-5-15-37(32)44-39/h1-5,7-15,17-25H,6,16H2. The molecule has 6 aromatic carbocycles. The fraction of sp³-hybridized carbons (Fsp3) is 0.0476. The van der Waals surface area contributed by atoms with E-state index < -0.39 is 0 Å². The Bertz CT molecular complexity index is 2640. The number of aromatic nitrogens is 1. The van der Waals surface area contributed by atoms with Crippen LogP contribution in [0.4, 0.5) is 0 Å². The molecular formula is C42H27NO2. The Labute approximate surface area is 259 Å². The molecule has 1 aliphatic rings. The van der Waals surface area contributed by atoms with Crippen molar-refractivity contribution in [2.45, 2.75) is 12.8 Å². The molecule has 0 N–H and O–H groups in total. The summed E-state index contributed by atoms with van der Waals surface area (Å²) in [5.41, 5.74) is 12.3. The number of rotatable bonds is 3. The first-order chi connectivity index (χ1) is 22.3. The van der Waals surface area contributed by atoms with Crippen molar-refractivity contribution in [1.82, 2.24) is 4.57 Å². The van der Waals surface area contributed by atoms with Gasteiger partial charge in [0, 0.05) is 44.6 Å². The van der Waals surface area contributed by atoms with Gasteiger partial charge < -0.3 is 13.4 Å². The van der Waals surface area contributed by atoms with Crippen LogP contribution in [0.5, 0.6) is 0 Å². The number of para-hydroxylation sites is 2. The molecule has 0 saturated carbocycles. The molecule has 9 aromatic rings. The highest BCUT2D eigenvalue weighted by atomic mass is 16.3. The maximum absolute atomic E-state index is 6.29. The molecule has 0 amide bonds. The van der Waals surface area contributed by atoms with Gasteiger partial charge in [-0.25, -0.2) is 0 Å². The van der Waals surface area contributed by atoms with Crippen molar-refractivity contribution < 1.29 is 8.83 Å². The van der Waals surface area contributed by atoms with E-state index in [1.165, 1.54) is 55.0 Å². The van der Waals surface area contributed by atoms with Gasteiger partial charge in [0.15, 0.2) is 0 Å². The molecule has 45 heavy (non-hydrogen) atoms. The summed E-state index contributed by atoms with van der Waals surface area (Å²) in [6.07, 6.45) is 6.48. The predicted octanol–water partition coefficient (Wildman–Crippen LogP) is 11.7. The summed E-state index contributed by atoms with van der Waals surface area (Å²) in [6.45, 7) is 0. The van der Waals surface area contributed by atoms with Crippen molar-refractivity contribution in [1.29, 1.82) is 0 Å². The molecule has 3 aromatic heterocycles. The van der Waals surface area contributed by atoms with Crippen LogP contribution in [0, 0.1) is 0 Å². The minimum atomic E-state index is 0.915. The highest BCUT2D eigenvalue weighted by Crippen LogP contribution is 2.41. The van der Waals surface area contributed by atoms with Crippen molar-refractivity contribution in [3.05, 3.63) is 145 Å². The fourth-order valence-electron chi connectivity index (χ4n) is 7.46. The van der Waals surface area contributed by atoms with Gasteiger partial charge >= 0.3 is 0 Å². The first-order valence-electron chi connectivity index (χ1n) is 15.6. The van der Waals surface area contributed by atoms with Crippen molar-refractivity contribution in [2.75, 3.05) is 0 Å². The smallest absolute Gasteiger partial charge is 0.136 e. The fourth-order valence-corrected chi connectivity index (χ4v) is 7.46. The van der Waals surface area contributed by atoms with E-state index >= 15 is 0 Å². The molecule has 0 aliphatic heterocycles. The van der Waals surface area contributed by atoms with Crippen LogP contribution >= 0.6 is 0 Å². The van der Waals surface area contributed by atoms with Crippen LogP contribution in [0.15, 0.2) is 142 Å². The molecular weight excluding hydrogens is 550 g/mol. The van der Waals surface area contributed by atoms with E-state index in [-0.39, 0.29) is 0 Å². The van der Waals surface area contributed by atoms with Gasteiger partial charge in [-0.3, -0.25) is 0 Å². The number of allylic oxidation sites excluding steroid dienone is 1. The molecule has 1 aliphatic carbocycles. The van der Waals surface area contributed by atoms with Gasteiger partial charge in [0.1, 0.15) is 22.5 Å². The second kappa shape index (κ2) is 9.35. The van der Waals surface area contributed by atoms with E-state index in [9.17, 15) is 0 Å². The summed E-state index contributed by atoms with van der Waals surface area (Å²) in [6, 6.07) is 45.6. The maximum atomic E-state index is 6.29. The zero-order valence-electron chi connectivity index (χ0n) is 24.5. The Morgan fingerprint density at radius 3 is 2.07 bits per heavy atom. The highest BCUT2D eigenvalue weighted by molar-refractivity contribution is 6.13. The zero-order chi connectivity index (χ0) is 29.5. The third kappa shape index (κ3) is 3.58. The lowest BCUT2D eigenvalue weighted by atomic mass is 9.95.